The minimum absolute atomic E-state index is 0.0269. The Morgan fingerprint density at radius 3 is 2.56 bits per heavy atom. The van der Waals surface area contributed by atoms with Gasteiger partial charge in [0.05, 0.1) is 29.5 Å². The largest absolute Gasteiger partial charge is 0.496 e. The Balaban J connectivity index is 1.86. The Morgan fingerprint density at radius 2 is 1.85 bits per heavy atom. The van der Waals surface area contributed by atoms with Crippen LogP contribution in [0.5, 0.6) is 5.75 Å². The van der Waals surface area contributed by atoms with Crippen molar-refractivity contribution in [1.82, 2.24) is 4.98 Å². The Morgan fingerprint density at radius 1 is 1.15 bits per heavy atom. The highest BCUT2D eigenvalue weighted by molar-refractivity contribution is 7.22. The van der Waals surface area contributed by atoms with Gasteiger partial charge in [-0.1, -0.05) is 35.6 Å². The van der Waals surface area contributed by atoms with Crippen molar-refractivity contribution in [3.63, 3.8) is 0 Å². The Kier molecular flexibility index (Phi) is 4.08. The minimum atomic E-state index is -4.93. The van der Waals surface area contributed by atoms with Crippen LogP contribution >= 0.6 is 11.3 Å². The lowest BCUT2D eigenvalue weighted by molar-refractivity contribution is -0.254. The van der Waals surface area contributed by atoms with Crippen LogP contribution in [0, 0.1) is 0 Å². The molecular weight excluding hydrogens is 379 g/mol. The number of methoxy groups -OCH3 is 1. The summed E-state index contributed by atoms with van der Waals surface area (Å²) in [6, 6.07) is 13.6. The van der Waals surface area contributed by atoms with E-state index in [0.717, 1.165) is 11.3 Å². The number of alkyl halides is 3. The van der Waals surface area contributed by atoms with Crippen molar-refractivity contribution in [3.05, 3.63) is 54.1 Å². The van der Waals surface area contributed by atoms with Crippen LogP contribution in [0.4, 0.5) is 18.3 Å². The predicted octanol–water partition coefficient (Wildman–Crippen LogP) is 4.17. The van der Waals surface area contributed by atoms with E-state index < -0.39 is 18.3 Å². The molecule has 3 aromatic rings. The van der Waals surface area contributed by atoms with Crippen molar-refractivity contribution in [3.8, 4) is 5.75 Å². The molecule has 0 saturated carbocycles. The summed E-state index contributed by atoms with van der Waals surface area (Å²) in [5.41, 5.74) is -2.17. The van der Waals surface area contributed by atoms with Gasteiger partial charge in [-0.05, 0) is 24.3 Å². The highest BCUT2D eigenvalue weighted by atomic mass is 32.1. The van der Waals surface area contributed by atoms with Crippen LogP contribution in [-0.2, 0) is 0 Å². The van der Waals surface area contributed by atoms with Gasteiger partial charge in [-0.15, -0.1) is 0 Å². The zero-order valence-electron chi connectivity index (χ0n) is 14.1. The normalized spacial score (nSPS) is 20.2. The van der Waals surface area contributed by atoms with E-state index >= 15 is 0 Å². The molecule has 2 heterocycles. The molecule has 140 valence electrons. The number of hydrogen-bond acceptors (Lipinski definition) is 6. The number of aliphatic hydroxyl groups is 1. The monoisotopic (exact) mass is 393 g/mol. The van der Waals surface area contributed by atoms with E-state index in [1.807, 2.05) is 0 Å². The Hall–Kier alpha value is -2.65. The van der Waals surface area contributed by atoms with Crippen LogP contribution in [0.25, 0.3) is 10.2 Å². The van der Waals surface area contributed by atoms with Gasteiger partial charge >= 0.3 is 6.18 Å². The number of fused-ring (bicyclic) bond motifs is 1. The lowest BCUT2D eigenvalue weighted by atomic mass is 10.0. The summed E-state index contributed by atoms with van der Waals surface area (Å²) in [6.45, 7) is 0. The maximum absolute atomic E-state index is 13.8. The number of anilines is 1. The first kappa shape index (κ1) is 17.7. The second-order valence-corrected chi connectivity index (χ2v) is 7.02. The third kappa shape index (κ3) is 2.83. The van der Waals surface area contributed by atoms with Crippen LogP contribution in [0.15, 0.2) is 53.6 Å². The molecule has 27 heavy (non-hydrogen) atoms. The number of aromatic nitrogens is 1. The van der Waals surface area contributed by atoms with Crippen LogP contribution < -0.4 is 9.75 Å². The highest BCUT2D eigenvalue weighted by Gasteiger charge is 2.62. The molecule has 2 aromatic carbocycles. The molecule has 0 aliphatic carbocycles. The molecule has 0 bridgehead atoms. The number of rotatable bonds is 3. The van der Waals surface area contributed by atoms with Crippen LogP contribution in [0.1, 0.15) is 12.0 Å². The molecule has 4 rings (SSSR count). The van der Waals surface area contributed by atoms with Gasteiger partial charge < -0.3 is 9.84 Å². The maximum Gasteiger partial charge on any atom is 0.438 e. The molecule has 1 aliphatic rings. The van der Waals surface area contributed by atoms with Gasteiger partial charge in [0.25, 0.3) is 5.72 Å². The number of hydrogen-bond donors (Lipinski definition) is 1. The van der Waals surface area contributed by atoms with Crippen molar-refractivity contribution >= 4 is 32.4 Å². The van der Waals surface area contributed by atoms with E-state index in [9.17, 15) is 18.3 Å². The zero-order valence-corrected chi connectivity index (χ0v) is 14.9. The molecule has 1 aliphatic heterocycles. The van der Waals surface area contributed by atoms with Crippen molar-refractivity contribution < 1.29 is 23.0 Å². The standard InChI is InChI=1S/C18H14F3N3O2S/c1-26-14-8-4-2-6-11(14)13-10-17(25,18(19,20)21)24(23-13)16-22-12-7-3-5-9-15(12)27-16/h2-9,25H,10H2,1H3. The summed E-state index contributed by atoms with van der Waals surface area (Å²) in [4.78, 5) is 4.22. The summed E-state index contributed by atoms with van der Waals surface area (Å²) in [6.07, 6.45) is -5.66. The number of nitrogens with zero attached hydrogens (tertiary/aromatic N) is 3. The third-order valence-corrected chi connectivity index (χ3v) is 5.33. The molecule has 0 fully saturated rings. The molecule has 1 aromatic heterocycles. The fourth-order valence-corrected chi connectivity index (χ4v) is 3.94. The average molecular weight is 393 g/mol. The van der Waals surface area contributed by atoms with Crippen molar-refractivity contribution in [2.75, 3.05) is 12.1 Å². The van der Waals surface area contributed by atoms with Gasteiger partial charge in [-0.3, -0.25) is 0 Å². The Labute approximate surface area is 156 Å². The fourth-order valence-electron chi connectivity index (χ4n) is 2.95. The number of benzene rings is 2. The molecule has 9 heteroatoms. The topological polar surface area (TPSA) is 58.0 Å². The second-order valence-electron chi connectivity index (χ2n) is 6.01. The molecule has 1 N–H and O–H groups in total. The number of ether oxygens (including phenoxy) is 1. The van der Waals surface area contributed by atoms with E-state index in [-0.39, 0.29) is 10.8 Å². The molecule has 0 amide bonds. The number of halogens is 3. The first-order valence-electron chi connectivity index (χ1n) is 7.99. The quantitative estimate of drug-likeness (QED) is 0.726. The smallest absolute Gasteiger partial charge is 0.438 e. The van der Waals surface area contributed by atoms with Crippen molar-refractivity contribution in [2.45, 2.75) is 18.3 Å². The maximum atomic E-state index is 13.8. The van der Waals surface area contributed by atoms with E-state index in [0.29, 0.717) is 26.5 Å². The van der Waals surface area contributed by atoms with Crippen molar-refractivity contribution in [1.29, 1.82) is 0 Å². The van der Waals surface area contributed by atoms with Crippen molar-refractivity contribution in [2.24, 2.45) is 5.10 Å². The predicted molar refractivity (Wildman–Crippen MR) is 97.3 cm³/mol. The Bertz CT molecular complexity index is 1000. The molecule has 0 saturated heterocycles. The first-order chi connectivity index (χ1) is 12.8. The van der Waals surface area contributed by atoms with Gasteiger partial charge in [-0.2, -0.15) is 23.3 Å². The molecule has 0 radical (unpaired) electrons. The summed E-state index contributed by atoms with van der Waals surface area (Å²) in [5.74, 6) is 0.381. The SMILES string of the molecule is COc1ccccc1C1=NN(c2nc3ccccc3s2)C(O)(C(F)(F)F)C1. The van der Waals surface area contributed by atoms with Gasteiger partial charge in [0.2, 0.25) is 5.13 Å². The summed E-state index contributed by atoms with van der Waals surface area (Å²) < 4.78 is 47.3. The van der Waals surface area contributed by atoms with Crippen LogP contribution in [0.3, 0.4) is 0 Å². The van der Waals surface area contributed by atoms with Gasteiger partial charge in [-0.25, -0.2) is 4.98 Å². The summed E-state index contributed by atoms with van der Waals surface area (Å²) in [7, 11) is 1.43. The molecular formula is C18H14F3N3O2S. The average Bonchev–Trinajstić information content (AvgIpc) is 3.22. The fraction of sp³-hybridized carbons (Fsp3) is 0.222. The van der Waals surface area contributed by atoms with Gasteiger partial charge in [0.15, 0.2) is 0 Å². The highest BCUT2D eigenvalue weighted by Crippen LogP contribution is 2.46. The molecule has 1 atom stereocenters. The third-order valence-electron chi connectivity index (χ3n) is 4.32. The number of thiazole rings is 1. The van der Waals surface area contributed by atoms with Gasteiger partial charge in [0.1, 0.15) is 5.75 Å². The van der Waals surface area contributed by atoms with Gasteiger partial charge in [0, 0.05) is 5.56 Å². The van der Waals surface area contributed by atoms with E-state index in [4.69, 9.17) is 4.74 Å². The second kappa shape index (κ2) is 6.21. The molecule has 5 nitrogen and oxygen atoms in total. The minimum Gasteiger partial charge on any atom is -0.496 e. The molecule has 0 spiro atoms. The van der Waals surface area contributed by atoms with E-state index in [2.05, 4.69) is 10.1 Å². The lowest BCUT2D eigenvalue weighted by Crippen LogP contribution is -2.55. The first-order valence-corrected chi connectivity index (χ1v) is 8.81. The van der Waals surface area contributed by atoms with Crippen LogP contribution in [0.2, 0.25) is 0 Å². The number of para-hydroxylation sites is 2. The summed E-state index contributed by atoms with van der Waals surface area (Å²) >= 11 is 1.04. The zero-order chi connectivity index (χ0) is 19.2. The van der Waals surface area contributed by atoms with E-state index in [1.165, 1.54) is 7.11 Å². The van der Waals surface area contributed by atoms with E-state index in [1.54, 1.807) is 48.5 Å². The van der Waals surface area contributed by atoms with Crippen LogP contribution in [-0.4, -0.2) is 34.8 Å². The molecule has 1 unspecified atom stereocenters. The lowest BCUT2D eigenvalue weighted by Gasteiger charge is -2.32. The number of hydrazone groups is 1. The summed E-state index contributed by atoms with van der Waals surface area (Å²) in [5, 5.41) is 15.2.